The first kappa shape index (κ1) is 13.3. The number of nitrogens with one attached hydrogen (secondary N) is 1. The molecular weight excluding hydrogens is 212 g/mol. The molecule has 0 aliphatic rings. The van der Waals surface area contributed by atoms with Crippen LogP contribution in [-0.2, 0) is 6.54 Å². The number of hydrogen-bond acceptors (Lipinski definition) is 4. The normalized spacial score (nSPS) is 10.6. The number of rotatable bonds is 3. The van der Waals surface area contributed by atoms with E-state index in [0.717, 1.165) is 6.54 Å². The maximum absolute atomic E-state index is 8.49. The first-order valence-electron chi connectivity index (χ1n) is 4.07. The van der Waals surface area contributed by atoms with Crippen LogP contribution in [0.25, 0.3) is 0 Å². The predicted octanol–water partition coefficient (Wildman–Crippen LogP) is -3.65. The van der Waals surface area contributed by atoms with Crippen molar-refractivity contribution in [3.05, 3.63) is 18.7 Å². The van der Waals surface area contributed by atoms with E-state index in [1.807, 2.05) is 12.5 Å². The average Bonchev–Trinajstić information content (AvgIpc) is 2.49. The highest BCUT2D eigenvalue weighted by molar-refractivity contribution is 4.55. The lowest BCUT2D eigenvalue weighted by atomic mass is 10.3. The van der Waals surface area contributed by atoms with E-state index in [-0.39, 0.29) is 0 Å². The van der Waals surface area contributed by atoms with Crippen LogP contribution in [0.5, 0.6) is 0 Å². The molecule has 0 bridgehead atoms. The molecule has 0 amide bonds. The number of aromatic nitrogens is 2. The highest BCUT2D eigenvalue weighted by Crippen LogP contribution is 1.84. The van der Waals surface area contributed by atoms with Gasteiger partial charge in [0, 0.05) is 0 Å². The molecule has 1 N–H and O–H groups in total. The monoisotopic (exact) mass is 224 g/mol. The Kier molecular flexibility index (Phi) is 6.43. The van der Waals surface area contributed by atoms with Gasteiger partial charge in [-0.1, -0.05) is 13.3 Å². The molecule has 0 saturated carbocycles. The molecule has 14 heavy (non-hydrogen) atoms. The predicted molar refractivity (Wildman–Crippen MR) is 35.9 cm³/mol. The molecule has 0 fully saturated rings. The van der Waals surface area contributed by atoms with E-state index in [9.17, 15) is 0 Å². The highest BCUT2D eigenvalue weighted by Gasteiger charge is 1.92. The molecule has 0 spiro atoms. The van der Waals surface area contributed by atoms with Gasteiger partial charge in [0.1, 0.15) is 12.4 Å². The Morgan fingerprint density at radius 3 is 2.21 bits per heavy atom. The van der Waals surface area contributed by atoms with Crippen molar-refractivity contribution in [3.8, 4) is 0 Å². The second kappa shape index (κ2) is 6.74. The summed E-state index contributed by atoms with van der Waals surface area (Å²) in [5, 5.41) is 0. The molecule has 0 atom stereocenters. The van der Waals surface area contributed by atoms with Crippen LogP contribution in [0.4, 0.5) is 0 Å². The van der Waals surface area contributed by atoms with E-state index in [1.165, 1.54) is 12.8 Å². The second-order valence-electron chi connectivity index (χ2n) is 2.58. The lowest BCUT2D eigenvalue weighted by Crippen LogP contribution is -2.68. The van der Waals surface area contributed by atoms with Gasteiger partial charge < -0.3 is 0 Å². The molecule has 82 valence electrons. The largest absolute Gasteiger partial charge is 0.250 e. The van der Waals surface area contributed by atoms with Gasteiger partial charge in [-0.2, -0.15) is 0 Å². The Morgan fingerprint density at radius 2 is 1.86 bits per heavy atom. The van der Waals surface area contributed by atoms with Crippen molar-refractivity contribution >= 4 is 0 Å². The average molecular weight is 225 g/mol. The third-order valence-electron chi connectivity index (χ3n) is 1.37. The Hall–Kier alpha value is -0.660. The Morgan fingerprint density at radius 1 is 1.29 bits per heavy atom. The summed E-state index contributed by atoms with van der Waals surface area (Å²) in [4.78, 5) is 3.00. The molecule has 0 aliphatic carbocycles. The van der Waals surface area contributed by atoms with Crippen LogP contribution in [0, 0.1) is 10.2 Å². The third-order valence-corrected chi connectivity index (χ3v) is 1.37. The standard InChI is InChI=1S/C7H12N2.ClHO4/c1-2-3-5-9-6-4-8-7-9;2-1(3,4)5/h4,6-7H,2-3,5H2,1H3;(H,2,3,4,5). The fraction of sp³-hybridized carbons (Fsp3) is 0.571. The number of aromatic amines is 1. The number of hydrogen-bond donors (Lipinski definition) is 1. The van der Waals surface area contributed by atoms with Crippen LogP contribution >= 0.6 is 0 Å². The quantitative estimate of drug-likeness (QED) is 0.534. The molecule has 1 aromatic heterocycles. The van der Waals surface area contributed by atoms with Gasteiger partial charge in [0.15, 0.2) is 0 Å². The van der Waals surface area contributed by atoms with Crippen molar-refractivity contribution in [1.29, 1.82) is 0 Å². The van der Waals surface area contributed by atoms with E-state index >= 15 is 0 Å². The van der Waals surface area contributed by atoms with Crippen molar-refractivity contribution in [2.75, 3.05) is 0 Å². The van der Waals surface area contributed by atoms with Crippen molar-refractivity contribution in [1.82, 2.24) is 4.98 Å². The fourth-order valence-corrected chi connectivity index (χ4v) is 0.800. The SMILES string of the molecule is CCCC[n+]1cc[nH]c1.[O-][Cl+3]([O-])([O-])[O-]. The molecule has 0 aromatic carbocycles. The van der Waals surface area contributed by atoms with Crippen LogP contribution in [0.3, 0.4) is 0 Å². The van der Waals surface area contributed by atoms with E-state index in [1.54, 1.807) is 0 Å². The number of imidazole rings is 1. The Labute approximate surface area is 84.2 Å². The summed E-state index contributed by atoms with van der Waals surface area (Å²) >= 11 is 0. The minimum atomic E-state index is -4.94. The first-order valence-corrected chi connectivity index (χ1v) is 5.30. The number of aryl methyl sites for hydroxylation is 1. The highest BCUT2D eigenvalue weighted by atomic mass is 35.7. The number of halogens is 1. The summed E-state index contributed by atoms with van der Waals surface area (Å²) in [6.07, 6.45) is 8.50. The van der Waals surface area contributed by atoms with Crippen LogP contribution in [-0.4, -0.2) is 4.98 Å². The molecule has 1 rings (SSSR count). The van der Waals surface area contributed by atoms with E-state index in [4.69, 9.17) is 18.6 Å². The zero-order chi connectivity index (χ0) is 11.0. The zero-order valence-corrected chi connectivity index (χ0v) is 8.57. The van der Waals surface area contributed by atoms with Crippen molar-refractivity contribution < 1.29 is 33.4 Å². The molecule has 0 aliphatic heterocycles. The molecular formula is C7H13ClN2O4. The summed E-state index contributed by atoms with van der Waals surface area (Å²) in [5.41, 5.74) is 0. The van der Waals surface area contributed by atoms with Gasteiger partial charge in [0.2, 0.25) is 6.33 Å². The first-order chi connectivity index (χ1) is 6.43. The van der Waals surface area contributed by atoms with Gasteiger partial charge >= 0.3 is 0 Å². The molecule has 0 radical (unpaired) electrons. The van der Waals surface area contributed by atoms with Gasteiger partial charge in [-0.25, -0.2) is 23.2 Å². The smallest absolute Gasteiger partial charge is 0.241 e. The lowest BCUT2D eigenvalue weighted by molar-refractivity contribution is -2.00. The second-order valence-corrected chi connectivity index (χ2v) is 3.34. The summed E-state index contributed by atoms with van der Waals surface area (Å²) < 4.78 is 36.1. The van der Waals surface area contributed by atoms with Gasteiger partial charge in [0.05, 0.1) is 6.54 Å². The van der Waals surface area contributed by atoms with Crippen molar-refractivity contribution in [3.63, 3.8) is 0 Å². The summed E-state index contributed by atoms with van der Waals surface area (Å²) in [6, 6.07) is 0. The summed E-state index contributed by atoms with van der Waals surface area (Å²) in [5.74, 6) is 0. The van der Waals surface area contributed by atoms with Crippen molar-refractivity contribution in [2.24, 2.45) is 0 Å². The van der Waals surface area contributed by atoms with Crippen molar-refractivity contribution in [2.45, 2.75) is 26.3 Å². The van der Waals surface area contributed by atoms with E-state index in [2.05, 4.69) is 22.7 Å². The van der Waals surface area contributed by atoms with E-state index < -0.39 is 10.2 Å². The maximum Gasteiger partial charge on any atom is 0.241 e. The molecule has 0 unspecified atom stereocenters. The van der Waals surface area contributed by atoms with Crippen LogP contribution in [0.1, 0.15) is 19.8 Å². The molecule has 6 nitrogen and oxygen atoms in total. The maximum atomic E-state index is 8.49. The summed E-state index contributed by atoms with van der Waals surface area (Å²) in [7, 11) is -4.94. The topological polar surface area (TPSA) is 112 Å². The zero-order valence-electron chi connectivity index (χ0n) is 7.81. The Bertz CT molecular complexity index is 216. The number of unbranched alkanes of at least 4 members (excludes halogenated alkanes) is 1. The van der Waals surface area contributed by atoms with E-state index in [0.29, 0.717) is 0 Å². The molecule has 7 heteroatoms. The van der Waals surface area contributed by atoms with Crippen LogP contribution in [0.2, 0.25) is 0 Å². The molecule has 1 heterocycles. The molecule has 0 saturated heterocycles. The third kappa shape index (κ3) is 11.3. The number of H-pyrrole nitrogens is 1. The molecule has 1 aromatic rings. The summed E-state index contributed by atoms with van der Waals surface area (Å²) in [6.45, 7) is 3.34. The Balaban J connectivity index is 0.000000292. The lowest BCUT2D eigenvalue weighted by Gasteiger charge is -2.17. The van der Waals surface area contributed by atoms with Crippen LogP contribution < -0.4 is 23.2 Å². The minimum absolute atomic E-state index is 1.14. The van der Waals surface area contributed by atoms with Gasteiger partial charge in [0.25, 0.3) is 0 Å². The van der Waals surface area contributed by atoms with Gasteiger partial charge in [-0.3, -0.25) is 4.98 Å². The minimum Gasteiger partial charge on any atom is -0.250 e. The van der Waals surface area contributed by atoms with Crippen LogP contribution in [0.15, 0.2) is 18.7 Å². The van der Waals surface area contributed by atoms with Gasteiger partial charge in [-0.15, -0.1) is 10.2 Å². The fourth-order valence-electron chi connectivity index (χ4n) is 0.800. The number of nitrogens with zero attached hydrogens (tertiary/aromatic N) is 1. The van der Waals surface area contributed by atoms with Gasteiger partial charge in [-0.05, 0) is 6.42 Å².